The Labute approximate surface area is 78.5 Å². The van der Waals surface area contributed by atoms with Crippen LogP contribution in [0.15, 0.2) is 22.7 Å². The highest BCUT2D eigenvalue weighted by Crippen LogP contribution is 2.21. The molecule has 0 aliphatic rings. The lowest BCUT2D eigenvalue weighted by Crippen LogP contribution is -2.17. The fourth-order valence-electron chi connectivity index (χ4n) is 0.825. The Kier molecular flexibility index (Phi) is 2.70. The van der Waals surface area contributed by atoms with Crippen LogP contribution in [0.25, 0.3) is 0 Å². The molecule has 3 nitrogen and oxygen atoms in total. The van der Waals surface area contributed by atoms with Gasteiger partial charge in [-0.3, -0.25) is 4.79 Å². The van der Waals surface area contributed by atoms with Crippen molar-refractivity contribution in [3.05, 3.63) is 28.2 Å². The average Bonchev–Trinajstić information content (AvgIpc) is 2.08. The van der Waals surface area contributed by atoms with Crippen molar-refractivity contribution in [2.75, 3.05) is 7.05 Å². The zero-order valence-electron chi connectivity index (χ0n) is 6.47. The molecule has 0 aromatic heterocycles. The van der Waals surface area contributed by atoms with Crippen LogP contribution in [0.5, 0.6) is 5.75 Å². The maximum Gasteiger partial charge on any atom is 0.254 e. The van der Waals surface area contributed by atoms with Gasteiger partial charge in [-0.25, -0.2) is 0 Å². The molecule has 0 aliphatic heterocycles. The van der Waals surface area contributed by atoms with E-state index in [1.165, 1.54) is 13.1 Å². The number of halogens is 1. The third kappa shape index (κ3) is 1.76. The highest BCUT2D eigenvalue weighted by molar-refractivity contribution is 9.10. The summed E-state index contributed by atoms with van der Waals surface area (Å²) >= 11 is 3.20. The molecule has 0 radical (unpaired) electrons. The van der Waals surface area contributed by atoms with Crippen molar-refractivity contribution < 1.29 is 9.90 Å². The number of hydrogen-bond donors (Lipinski definition) is 2. The fraction of sp³-hybridized carbons (Fsp3) is 0.125. The van der Waals surface area contributed by atoms with Crippen LogP contribution in [-0.2, 0) is 0 Å². The van der Waals surface area contributed by atoms with Gasteiger partial charge >= 0.3 is 0 Å². The standard InChI is InChI=1S/C8H8BrNO2/c1-10-8(12)6-4-5(9)2-3-7(6)11/h2-4,11H,1H3,(H,10,12). The molecule has 0 atom stereocenters. The number of phenols is 1. The molecule has 0 saturated carbocycles. The number of rotatable bonds is 1. The summed E-state index contributed by atoms with van der Waals surface area (Å²) in [6.07, 6.45) is 0. The van der Waals surface area contributed by atoms with Crippen molar-refractivity contribution in [1.82, 2.24) is 5.32 Å². The molecule has 0 heterocycles. The monoisotopic (exact) mass is 229 g/mol. The number of carbonyl (C=O) groups excluding carboxylic acids is 1. The number of benzene rings is 1. The van der Waals surface area contributed by atoms with Crippen LogP contribution in [0.4, 0.5) is 0 Å². The molecule has 0 aliphatic carbocycles. The molecular weight excluding hydrogens is 222 g/mol. The summed E-state index contributed by atoms with van der Waals surface area (Å²) in [6.45, 7) is 0. The number of nitrogens with one attached hydrogen (secondary N) is 1. The topological polar surface area (TPSA) is 49.3 Å². The molecule has 2 N–H and O–H groups in total. The maximum atomic E-state index is 11.1. The van der Waals surface area contributed by atoms with Crippen molar-refractivity contribution in [3.63, 3.8) is 0 Å². The highest BCUT2D eigenvalue weighted by atomic mass is 79.9. The van der Waals surface area contributed by atoms with Crippen LogP contribution in [-0.4, -0.2) is 18.1 Å². The molecule has 1 aromatic carbocycles. The Balaban J connectivity index is 3.13. The molecule has 0 unspecified atom stereocenters. The Bertz CT molecular complexity index is 312. The van der Waals surface area contributed by atoms with E-state index in [0.717, 1.165) is 4.47 Å². The van der Waals surface area contributed by atoms with Crippen LogP contribution in [0.1, 0.15) is 10.4 Å². The van der Waals surface area contributed by atoms with Crippen LogP contribution in [0.3, 0.4) is 0 Å². The van der Waals surface area contributed by atoms with Gasteiger partial charge in [0.15, 0.2) is 0 Å². The summed E-state index contributed by atoms with van der Waals surface area (Å²) < 4.78 is 0.763. The Hall–Kier alpha value is -1.03. The van der Waals surface area contributed by atoms with E-state index < -0.39 is 0 Å². The van der Waals surface area contributed by atoms with E-state index >= 15 is 0 Å². The van der Waals surface area contributed by atoms with Crippen molar-refractivity contribution in [3.8, 4) is 5.75 Å². The number of aromatic hydroxyl groups is 1. The van der Waals surface area contributed by atoms with Crippen LogP contribution in [0.2, 0.25) is 0 Å². The molecule has 1 amide bonds. The van der Waals surface area contributed by atoms with E-state index in [1.54, 1.807) is 12.1 Å². The predicted octanol–water partition coefficient (Wildman–Crippen LogP) is 1.51. The summed E-state index contributed by atoms with van der Waals surface area (Å²) in [5.74, 6) is -0.314. The number of amides is 1. The van der Waals surface area contributed by atoms with E-state index in [2.05, 4.69) is 21.2 Å². The largest absolute Gasteiger partial charge is 0.507 e. The molecule has 0 spiro atoms. The van der Waals surface area contributed by atoms with E-state index in [9.17, 15) is 9.90 Å². The Morgan fingerprint density at radius 3 is 2.83 bits per heavy atom. The second-order valence-corrected chi connectivity index (χ2v) is 3.16. The second kappa shape index (κ2) is 3.58. The summed E-state index contributed by atoms with van der Waals surface area (Å²) in [7, 11) is 1.52. The lowest BCUT2D eigenvalue weighted by Gasteiger charge is -2.02. The number of carbonyl (C=O) groups is 1. The first-order valence-corrected chi connectivity index (χ1v) is 4.15. The molecule has 0 saturated heterocycles. The van der Waals surface area contributed by atoms with Crippen molar-refractivity contribution >= 4 is 21.8 Å². The van der Waals surface area contributed by atoms with Gasteiger partial charge in [0.25, 0.3) is 5.91 Å². The Morgan fingerprint density at radius 1 is 1.58 bits per heavy atom. The summed E-state index contributed by atoms with van der Waals surface area (Å²) in [5.41, 5.74) is 0.270. The van der Waals surface area contributed by atoms with E-state index in [0.29, 0.717) is 0 Å². The molecule has 0 bridgehead atoms. The van der Waals surface area contributed by atoms with Gasteiger partial charge in [-0.05, 0) is 18.2 Å². The first kappa shape index (κ1) is 9.06. The first-order chi connectivity index (χ1) is 5.65. The van der Waals surface area contributed by atoms with Gasteiger partial charge in [0.1, 0.15) is 5.75 Å². The summed E-state index contributed by atoms with van der Waals surface area (Å²) in [5, 5.41) is 11.7. The molecule has 12 heavy (non-hydrogen) atoms. The molecule has 1 aromatic rings. The molecule has 4 heteroatoms. The number of hydrogen-bond acceptors (Lipinski definition) is 2. The predicted molar refractivity (Wildman–Crippen MR) is 49.2 cm³/mol. The van der Waals surface area contributed by atoms with Crippen molar-refractivity contribution in [2.24, 2.45) is 0 Å². The molecule has 1 rings (SSSR count). The summed E-state index contributed by atoms with van der Waals surface area (Å²) in [6, 6.07) is 4.70. The second-order valence-electron chi connectivity index (χ2n) is 2.24. The average molecular weight is 230 g/mol. The summed E-state index contributed by atoms with van der Waals surface area (Å²) in [4.78, 5) is 11.1. The van der Waals surface area contributed by atoms with Gasteiger partial charge in [0.05, 0.1) is 5.56 Å². The SMILES string of the molecule is CNC(=O)c1cc(Br)ccc1O. The third-order valence-electron chi connectivity index (χ3n) is 1.43. The minimum atomic E-state index is -0.297. The van der Waals surface area contributed by atoms with E-state index in [4.69, 9.17) is 0 Å². The molecule has 64 valence electrons. The normalized spacial score (nSPS) is 9.50. The smallest absolute Gasteiger partial charge is 0.254 e. The molecular formula is C8H8BrNO2. The first-order valence-electron chi connectivity index (χ1n) is 3.35. The van der Waals surface area contributed by atoms with Gasteiger partial charge < -0.3 is 10.4 Å². The lowest BCUT2D eigenvalue weighted by molar-refractivity contribution is 0.0960. The van der Waals surface area contributed by atoms with Gasteiger partial charge in [-0.2, -0.15) is 0 Å². The van der Waals surface area contributed by atoms with Gasteiger partial charge in [0, 0.05) is 11.5 Å². The van der Waals surface area contributed by atoms with Crippen molar-refractivity contribution in [2.45, 2.75) is 0 Å². The van der Waals surface area contributed by atoms with Gasteiger partial charge in [-0.15, -0.1) is 0 Å². The van der Waals surface area contributed by atoms with E-state index in [1.807, 2.05) is 0 Å². The lowest BCUT2D eigenvalue weighted by atomic mass is 10.2. The zero-order chi connectivity index (χ0) is 9.14. The zero-order valence-corrected chi connectivity index (χ0v) is 8.05. The van der Waals surface area contributed by atoms with E-state index in [-0.39, 0.29) is 17.2 Å². The van der Waals surface area contributed by atoms with Crippen LogP contribution in [0, 0.1) is 0 Å². The highest BCUT2D eigenvalue weighted by Gasteiger charge is 2.08. The third-order valence-corrected chi connectivity index (χ3v) is 1.92. The van der Waals surface area contributed by atoms with Gasteiger partial charge in [-0.1, -0.05) is 15.9 Å². The fourth-order valence-corrected chi connectivity index (χ4v) is 1.19. The quantitative estimate of drug-likeness (QED) is 0.768. The van der Waals surface area contributed by atoms with Crippen LogP contribution < -0.4 is 5.32 Å². The number of phenolic OH excluding ortho intramolecular Hbond substituents is 1. The van der Waals surface area contributed by atoms with Crippen molar-refractivity contribution in [1.29, 1.82) is 0 Å². The Morgan fingerprint density at radius 2 is 2.25 bits per heavy atom. The minimum absolute atomic E-state index is 0.0162. The van der Waals surface area contributed by atoms with Crippen LogP contribution >= 0.6 is 15.9 Å². The van der Waals surface area contributed by atoms with Gasteiger partial charge in [0.2, 0.25) is 0 Å². The maximum absolute atomic E-state index is 11.1. The minimum Gasteiger partial charge on any atom is -0.507 e. The molecule has 0 fully saturated rings.